The van der Waals surface area contributed by atoms with Crippen molar-refractivity contribution in [1.29, 1.82) is 0 Å². The van der Waals surface area contributed by atoms with Crippen LogP contribution in [0.15, 0.2) is 73.1 Å². The van der Waals surface area contributed by atoms with Gasteiger partial charge < -0.3 is 4.90 Å². The Morgan fingerprint density at radius 1 is 0.879 bits per heavy atom. The maximum absolute atomic E-state index is 13.4. The molecule has 1 aromatic heterocycles. The second-order valence-electron chi connectivity index (χ2n) is 7.80. The Balaban J connectivity index is 1.44. The van der Waals surface area contributed by atoms with Crippen LogP contribution in [0.5, 0.6) is 0 Å². The Morgan fingerprint density at radius 3 is 2.18 bits per heavy atom. The van der Waals surface area contributed by atoms with E-state index in [1.54, 1.807) is 53.1 Å². The molecule has 0 bridgehead atoms. The summed E-state index contributed by atoms with van der Waals surface area (Å²) in [6, 6.07) is 18.5. The lowest BCUT2D eigenvalue weighted by atomic mass is 10.1. The van der Waals surface area contributed by atoms with Gasteiger partial charge in [0.05, 0.1) is 6.54 Å². The number of hydrogen-bond donors (Lipinski definition) is 2. The van der Waals surface area contributed by atoms with E-state index in [4.69, 9.17) is 5.21 Å². The van der Waals surface area contributed by atoms with E-state index in [1.165, 1.54) is 5.56 Å². The van der Waals surface area contributed by atoms with Gasteiger partial charge >= 0.3 is 6.03 Å². The average Bonchev–Trinajstić information content (AvgIpc) is 2.88. The molecule has 1 saturated heterocycles. The molecule has 9 nitrogen and oxygen atoms in total. The van der Waals surface area contributed by atoms with Crippen LogP contribution in [0.3, 0.4) is 0 Å². The van der Waals surface area contributed by atoms with Crippen molar-refractivity contribution in [2.24, 2.45) is 0 Å². The molecule has 2 heterocycles. The van der Waals surface area contributed by atoms with Crippen molar-refractivity contribution >= 4 is 17.9 Å². The molecule has 1 fully saturated rings. The summed E-state index contributed by atoms with van der Waals surface area (Å²) in [6.07, 6.45) is 3.21. The first-order valence-corrected chi connectivity index (χ1v) is 10.8. The van der Waals surface area contributed by atoms with Gasteiger partial charge in [0.2, 0.25) is 5.95 Å². The molecule has 1 aliphatic heterocycles. The number of hydrogen-bond acceptors (Lipinski definition) is 6. The van der Waals surface area contributed by atoms with E-state index in [1.807, 2.05) is 23.1 Å². The minimum atomic E-state index is -0.589. The third-order valence-electron chi connectivity index (χ3n) is 5.57. The maximum Gasteiger partial charge on any atom is 0.327 e. The topological polar surface area (TPSA) is 102 Å². The number of carbonyl (C=O) groups excluding carboxylic acids is 2. The molecule has 3 amide bonds. The van der Waals surface area contributed by atoms with Crippen molar-refractivity contribution in [3.8, 4) is 0 Å². The zero-order chi connectivity index (χ0) is 23.0. The number of piperazine rings is 1. The molecule has 0 radical (unpaired) electrons. The lowest BCUT2D eigenvalue weighted by Gasteiger charge is -2.37. The smallest absolute Gasteiger partial charge is 0.322 e. The van der Waals surface area contributed by atoms with Gasteiger partial charge in [-0.1, -0.05) is 42.5 Å². The standard InChI is InChI=1S/C24H26N6O3/c31-22(27-33)21-9-7-20(8-10-21)18-30(23-25-11-4-12-26-23)24(32)29-15-13-28(14-16-29)17-19-5-2-1-3-6-19/h1-12,33H,13-18H2,(H,27,31). The van der Waals surface area contributed by atoms with Crippen LogP contribution in [0.2, 0.25) is 0 Å². The van der Waals surface area contributed by atoms with Gasteiger partial charge in [-0.05, 0) is 29.3 Å². The summed E-state index contributed by atoms with van der Waals surface area (Å²) in [5.41, 5.74) is 4.01. The Hall–Kier alpha value is -3.82. The first-order chi connectivity index (χ1) is 16.1. The minimum Gasteiger partial charge on any atom is -0.322 e. The Kier molecular flexibility index (Phi) is 7.23. The van der Waals surface area contributed by atoms with Gasteiger partial charge in [0.15, 0.2) is 0 Å². The third-order valence-corrected chi connectivity index (χ3v) is 5.57. The van der Waals surface area contributed by atoms with E-state index in [-0.39, 0.29) is 12.6 Å². The number of carbonyl (C=O) groups is 2. The van der Waals surface area contributed by atoms with Crippen molar-refractivity contribution in [2.75, 3.05) is 31.1 Å². The predicted molar refractivity (Wildman–Crippen MR) is 123 cm³/mol. The monoisotopic (exact) mass is 446 g/mol. The van der Waals surface area contributed by atoms with E-state index < -0.39 is 5.91 Å². The number of rotatable bonds is 6. The minimum absolute atomic E-state index is 0.155. The number of nitrogens with one attached hydrogen (secondary N) is 1. The molecule has 0 unspecified atom stereocenters. The van der Waals surface area contributed by atoms with E-state index in [2.05, 4.69) is 27.0 Å². The van der Waals surface area contributed by atoms with Crippen LogP contribution in [-0.2, 0) is 13.1 Å². The Labute approximate surface area is 192 Å². The Morgan fingerprint density at radius 2 is 1.55 bits per heavy atom. The number of amides is 3. The highest BCUT2D eigenvalue weighted by molar-refractivity contribution is 5.93. The molecule has 3 aromatic rings. The fraction of sp³-hybridized carbons (Fsp3) is 0.250. The van der Waals surface area contributed by atoms with Crippen molar-refractivity contribution in [3.05, 3.63) is 89.7 Å². The number of nitrogens with zero attached hydrogens (tertiary/aromatic N) is 5. The lowest BCUT2D eigenvalue weighted by molar-refractivity contribution is 0.0706. The third kappa shape index (κ3) is 5.71. The first kappa shape index (κ1) is 22.4. The molecule has 33 heavy (non-hydrogen) atoms. The molecule has 0 aliphatic carbocycles. The van der Waals surface area contributed by atoms with Crippen LogP contribution in [0.4, 0.5) is 10.7 Å². The van der Waals surface area contributed by atoms with E-state index in [0.29, 0.717) is 24.6 Å². The zero-order valence-corrected chi connectivity index (χ0v) is 18.2. The number of benzene rings is 2. The van der Waals surface area contributed by atoms with Crippen LogP contribution in [0.25, 0.3) is 0 Å². The van der Waals surface area contributed by atoms with Crippen LogP contribution in [0, 0.1) is 0 Å². The maximum atomic E-state index is 13.4. The van der Waals surface area contributed by atoms with Crippen molar-refractivity contribution in [3.63, 3.8) is 0 Å². The molecular formula is C24H26N6O3. The van der Waals surface area contributed by atoms with Crippen molar-refractivity contribution < 1.29 is 14.8 Å². The lowest BCUT2D eigenvalue weighted by Crippen LogP contribution is -2.52. The zero-order valence-electron chi connectivity index (χ0n) is 18.2. The van der Waals surface area contributed by atoms with Gasteiger partial charge in [-0.2, -0.15) is 0 Å². The summed E-state index contributed by atoms with van der Waals surface area (Å²) in [6.45, 7) is 3.93. The molecular weight excluding hydrogens is 420 g/mol. The highest BCUT2D eigenvalue weighted by Crippen LogP contribution is 2.17. The number of hydroxylamine groups is 1. The summed E-state index contributed by atoms with van der Waals surface area (Å²) in [4.78, 5) is 39.3. The van der Waals surface area contributed by atoms with Crippen LogP contribution in [-0.4, -0.2) is 63.1 Å². The fourth-order valence-electron chi connectivity index (χ4n) is 3.77. The van der Waals surface area contributed by atoms with Crippen LogP contribution >= 0.6 is 0 Å². The van der Waals surface area contributed by atoms with Gasteiger partial charge in [-0.15, -0.1) is 0 Å². The number of anilines is 1. The molecule has 4 rings (SSSR count). The molecule has 0 atom stereocenters. The fourth-order valence-corrected chi connectivity index (χ4v) is 3.77. The van der Waals surface area contributed by atoms with Crippen molar-refractivity contribution in [1.82, 2.24) is 25.2 Å². The number of aromatic nitrogens is 2. The quantitative estimate of drug-likeness (QED) is 0.446. The van der Waals surface area contributed by atoms with Crippen molar-refractivity contribution in [2.45, 2.75) is 13.1 Å². The molecule has 1 aliphatic rings. The SMILES string of the molecule is O=C(NO)c1ccc(CN(C(=O)N2CCN(Cc3ccccc3)CC2)c2ncccn2)cc1. The molecule has 2 N–H and O–H groups in total. The largest absolute Gasteiger partial charge is 0.327 e. The van der Waals surface area contributed by atoms with Gasteiger partial charge in [-0.25, -0.2) is 20.2 Å². The molecule has 9 heteroatoms. The van der Waals surface area contributed by atoms with E-state index >= 15 is 0 Å². The summed E-state index contributed by atoms with van der Waals surface area (Å²) >= 11 is 0. The van der Waals surface area contributed by atoms with Crippen LogP contribution < -0.4 is 10.4 Å². The molecule has 0 saturated carbocycles. The summed E-state index contributed by atoms with van der Waals surface area (Å²) in [5.74, 6) is -0.263. The molecule has 170 valence electrons. The number of urea groups is 1. The predicted octanol–water partition coefficient (Wildman–Crippen LogP) is 2.54. The van der Waals surface area contributed by atoms with E-state index in [9.17, 15) is 9.59 Å². The molecule has 0 spiro atoms. The second-order valence-corrected chi connectivity index (χ2v) is 7.80. The summed E-state index contributed by atoms with van der Waals surface area (Å²) < 4.78 is 0. The normalized spacial score (nSPS) is 14.0. The van der Waals surface area contributed by atoms with Gasteiger partial charge in [0.1, 0.15) is 0 Å². The summed E-state index contributed by atoms with van der Waals surface area (Å²) in [7, 11) is 0. The van der Waals surface area contributed by atoms with Gasteiger partial charge in [0.25, 0.3) is 5.91 Å². The molecule has 2 aromatic carbocycles. The summed E-state index contributed by atoms with van der Waals surface area (Å²) in [5, 5.41) is 8.79. The second kappa shape index (κ2) is 10.7. The highest BCUT2D eigenvalue weighted by Gasteiger charge is 2.27. The van der Waals surface area contributed by atoms with Gasteiger partial charge in [0, 0.05) is 50.7 Å². The van der Waals surface area contributed by atoms with Gasteiger partial charge in [-0.3, -0.25) is 19.8 Å². The van der Waals surface area contributed by atoms with Crippen LogP contribution in [0.1, 0.15) is 21.5 Å². The van der Waals surface area contributed by atoms with E-state index in [0.717, 1.165) is 25.2 Å². The Bertz CT molecular complexity index is 1050. The average molecular weight is 447 g/mol. The first-order valence-electron chi connectivity index (χ1n) is 10.8. The highest BCUT2D eigenvalue weighted by atomic mass is 16.5.